The Hall–Kier alpha value is -2.46. The van der Waals surface area contributed by atoms with Crippen LogP contribution in [0.15, 0.2) is 65.7 Å². The second-order valence-corrected chi connectivity index (χ2v) is 8.87. The number of aliphatic imine (C=N–C) groups is 1. The number of aromatic nitrogens is 3. The molecule has 1 aliphatic heterocycles. The topological polar surface area (TPSA) is 70.4 Å². The maximum Gasteiger partial charge on any atom is 0.192 e. The minimum absolute atomic E-state index is 0. The Morgan fingerprint density at radius 2 is 1.79 bits per heavy atom. The number of hydrogen-bond donors (Lipinski definition) is 2. The van der Waals surface area contributed by atoms with Gasteiger partial charge in [0, 0.05) is 26.2 Å². The molecule has 3 aromatic rings. The number of nitrogens with one attached hydrogen (secondary N) is 2. The third-order valence-corrected chi connectivity index (χ3v) is 6.31. The van der Waals surface area contributed by atoms with Crippen LogP contribution < -0.4 is 10.6 Å². The van der Waals surface area contributed by atoms with E-state index in [-0.39, 0.29) is 30.0 Å². The summed E-state index contributed by atoms with van der Waals surface area (Å²) in [6, 6.07) is 21.7. The van der Waals surface area contributed by atoms with E-state index in [0.717, 1.165) is 43.7 Å². The SMILES string of the molecule is Cc1nnc(CN=C(NC2CCCN(Cc3ccccc3)C2)NC(C)c2ccccc2)n1C.I. The first kappa shape index (κ1) is 26.2. The Bertz CT molecular complexity index is 1040. The number of piperidine rings is 1. The molecule has 2 atom stereocenters. The van der Waals surface area contributed by atoms with Crippen molar-refractivity contribution in [1.82, 2.24) is 30.3 Å². The minimum atomic E-state index is 0. The molecule has 1 saturated heterocycles. The van der Waals surface area contributed by atoms with Crippen LogP contribution in [-0.2, 0) is 20.1 Å². The van der Waals surface area contributed by atoms with E-state index in [9.17, 15) is 0 Å². The van der Waals surface area contributed by atoms with Gasteiger partial charge in [-0.15, -0.1) is 34.2 Å². The predicted octanol–water partition coefficient (Wildman–Crippen LogP) is 4.20. The van der Waals surface area contributed by atoms with E-state index in [1.807, 2.05) is 24.6 Å². The molecule has 2 aromatic carbocycles. The Labute approximate surface area is 220 Å². The monoisotopic (exact) mass is 573 g/mol. The Morgan fingerprint density at radius 3 is 2.47 bits per heavy atom. The minimum Gasteiger partial charge on any atom is -0.352 e. The van der Waals surface area contributed by atoms with Gasteiger partial charge in [0.25, 0.3) is 0 Å². The summed E-state index contributed by atoms with van der Waals surface area (Å²) in [6.07, 6.45) is 2.31. The maximum atomic E-state index is 4.89. The molecule has 0 spiro atoms. The van der Waals surface area contributed by atoms with E-state index in [4.69, 9.17) is 4.99 Å². The van der Waals surface area contributed by atoms with E-state index in [1.54, 1.807) is 0 Å². The molecule has 4 rings (SSSR count). The molecule has 1 fully saturated rings. The van der Waals surface area contributed by atoms with Crippen LogP contribution >= 0.6 is 24.0 Å². The van der Waals surface area contributed by atoms with Crippen LogP contribution in [0.25, 0.3) is 0 Å². The Kier molecular flexibility index (Phi) is 9.88. The normalized spacial score (nSPS) is 17.6. The summed E-state index contributed by atoms with van der Waals surface area (Å²) in [5.41, 5.74) is 2.59. The third-order valence-electron chi connectivity index (χ3n) is 6.31. The van der Waals surface area contributed by atoms with Crippen molar-refractivity contribution in [2.75, 3.05) is 13.1 Å². The van der Waals surface area contributed by atoms with E-state index >= 15 is 0 Å². The molecule has 2 heterocycles. The molecule has 2 unspecified atom stereocenters. The van der Waals surface area contributed by atoms with Gasteiger partial charge in [-0.3, -0.25) is 4.90 Å². The number of guanidine groups is 1. The van der Waals surface area contributed by atoms with Crippen LogP contribution in [0.3, 0.4) is 0 Å². The van der Waals surface area contributed by atoms with Gasteiger partial charge in [0.15, 0.2) is 11.8 Å². The summed E-state index contributed by atoms with van der Waals surface area (Å²) in [6.45, 7) is 7.72. The van der Waals surface area contributed by atoms with Gasteiger partial charge in [0.1, 0.15) is 12.4 Å². The van der Waals surface area contributed by atoms with E-state index < -0.39 is 0 Å². The van der Waals surface area contributed by atoms with Crippen molar-refractivity contribution in [3.8, 4) is 0 Å². The largest absolute Gasteiger partial charge is 0.352 e. The molecule has 1 aliphatic rings. The summed E-state index contributed by atoms with van der Waals surface area (Å²) in [7, 11) is 1.98. The van der Waals surface area contributed by atoms with Gasteiger partial charge in [-0.05, 0) is 44.4 Å². The standard InChI is InChI=1S/C26H35N7.HI/c1-20(23-13-8-5-9-14-23)28-26(27-17-25-31-30-21(2)32(25)3)29-24-15-10-16-33(19-24)18-22-11-6-4-7-12-22;/h4-9,11-14,20,24H,10,15-19H2,1-3H3,(H2,27,28,29);1H. The van der Waals surface area contributed by atoms with Crippen molar-refractivity contribution in [3.05, 3.63) is 83.4 Å². The zero-order valence-corrected chi connectivity index (χ0v) is 22.6. The third kappa shape index (κ3) is 7.27. The highest BCUT2D eigenvalue weighted by Crippen LogP contribution is 2.15. The van der Waals surface area contributed by atoms with Gasteiger partial charge < -0.3 is 15.2 Å². The zero-order chi connectivity index (χ0) is 23.0. The van der Waals surface area contributed by atoms with Crippen molar-refractivity contribution >= 4 is 29.9 Å². The van der Waals surface area contributed by atoms with Crippen molar-refractivity contribution in [3.63, 3.8) is 0 Å². The van der Waals surface area contributed by atoms with Crippen molar-refractivity contribution in [2.45, 2.75) is 51.9 Å². The molecule has 2 N–H and O–H groups in total. The van der Waals surface area contributed by atoms with E-state index in [0.29, 0.717) is 12.6 Å². The fourth-order valence-corrected chi connectivity index (χ4v) is 4.25. The lowest BCUT2D eigenvalue weighted by molar-refractivity contribution is 0.192. The molecular weight excluding hydrogens is 537 g/mol. The molecule has 182 valence electrons. The summed E-state index contributed by atoms with van der Waals surface area (Å²) >= 11 is 0. The van der Waals surface area contributed by atoms with Crippen LogP contribution in [0, 0.1) is 6.92 Å². The number of hydrogen-bond acceptors (Lipinski definition) is 4. The van der Waals surface area contributed by atoms with Crippen molar-refractivity contribution in [1.29, 1.82) is 0 Å². The zero-order valence-electron chi connectivity index (χ0n) is 20.3. The van der Waals surface area contributed by atoms with Gasteiger partial charge in [0.05, 0.1) is 6.04 Å². The van der Waals surface area contributed by atoms with Crippen LogP contribution in [0.1, 0.15) is 48.6 Å². The van der Waals surface area contributed by atoms with Crippen molar-refractivity contribution in [2.24, 2.45) is 12.0 Å². The van der Waals surface area contributed by atoms with Crippen molar-refractivity contribution < 1.29 is 0 Å². The first-order valence-corrected chi connectivity index (χ1v) is 11.8. The maximum absolute atomic E-state index is 4.89. The fraction of sp³-hybridized carbons (Fsp3) is 0.423. The molecule has 0 radical (unpaired) electrons. The van der Waals surface area contributed by atoms with Gasteiger partial charge in [-0.25, -0.2) is 4.99 Å². The molecule has 0 saturated carbocycles. The second kappa shape index (κ2) is 12.9. The van der Waals surface area contributed by atoms with Gasteiger partial charge in [-0.2, -0.15) is 0 Å². The smallest absolute Gasteiger partial charge is 0.192 e. The van der Waals surface area contributed by atoms with Gasteiger partial charge >= 0.3 is 0 Å². The molecule has 0 amide bonds. The summed E-state index contributed by atoms with van der Waals surface area (Å²) in [5.74, 6) is 2.57. The lowest BCUT2D eigenvalue weighted by atomic mass is 10.0. The van der Waals surface area contributed by atoms with Crippen LogP contribution in [-0.4, -0.2) is 44.8 Å². The molecule has 34 heavy (non-hydrogen) atoms. The average Bonchev–Trinajstić information content (AvgIpc) is 3.16. The van der Waals surface area contributed by atoms with Gasteiger partial charge in [0.2, 0.25) is 0 Å². The summed E-state index contributed by atoms with van der Waals surface area (Å²) < 4.78 is 1.99. The first-order chi connectivity index (χ1) is 16.1. The van der Waals surface area contributed by atoms with E-state index in [1.165, 1.54) is 17.5 Å². The highest BCUT2D eigenvalue weighted by Gasteiger charge is 2.21. The number of benzene rings is 2. The molecule has 1 aromatic heterocycles. The Balaban J connectivity index is 0.00000324. The second-order valence-electron chi connectivity index (χ2n) is 8.87. The highest BCUT2D eigenvalue weighted by atomic mass is 127. The molecule has 8 heteroatoms. The number of rotatable bonds is 7. The highest BCUT2D eigenvalue weighted by molar-refractivity contribution is 14.0. The molecule has 0 aliphatic carbocycles. The number of likely N-dealkylation sites (tertiary alicyclic amines) is 1. The fourth-order valence-electron chi connectivity index (χ4n) is 4.25. The predicted molar refractivity (Wildman–Crippen MR) is 148 cm³/mol. The molecule has 0 bridgehead atoms. The first-order valence-electron chi connectivity index (χ1n) is 11.8. The summed E-state index contributed by atoms with van der Waals surface area (Å²) in [4.78, 5) is 7.42. The number of halogens is 1. The lowest BCUT2D eigenvalue weighted by Crippen LogP contribution is -2.51. The Morgan fingerprint density at radius 1 is 1.09 bits per heavy atom. The number of aryl methyl sites for hydroxylation is 1. The average molecular weight is 574 g/mol. The van der Waals surface area contributed by atoms with Gasteiger partial charge in [-0.1, -0.05) is 60.7 Å². The molecule has 7 nitrogen and oxygen atoms in total. The van der Waals surface area contributed by atoms with Crippen LogP contribution in [0.5, 0.6) is 0 Å². The summed E-state index contributed by atoms with van der Waals surface area (Å²) in [5, 5.41) is 15.7. The van der Waals surface area contributed by atoms with Crippen LogP contribution in [0.4, 0.5) is 0 Å². The van der Waals surface area contributed by atoms with E-state index in [2.05, 4.69) is 87.3 Å². The number of nitrogens with zero attached hydrogens (tertiary/aromatic N) is 5. The molecular formula is C26H36IN7. The van der Waals surface area contributed by atoms with Crippen LogP contribution in [0.2, 0.25) is 0 Å². The quantitative estimate of drug-likeness (QED) is 0.252. The lowest BCUT2D eigenvalue weighted by Gasteiger charge is -2.34.